The minimum atomic E-state index is -0.146. The van der Waals surface area contributed by atoms with Crippen LogP contribution in [-0.4, -0.2) is 5.78 Å². The average molecular weight is 223 g/mol. The Labute approximate surface area is 101 Å². The van der Waals surface area contributed by atoms with Crippen molar-refractivity contribution in [3.63, 3.8) is 0 Å². The molecule has 17 heavy (non-hydrogen) atoms. The van der Waals surface area contributed by atoms with Gasteiger partial charge in [0.25, 0.3) is 0 Å². The van der Waals surface area contributed by atoms with E-state index in [0.29, 0.717) is 16.7 Å². The van der Waals surface area contributed by atoms with Crippen molar-refractivity contribution in [2.24, 2.45) is 0 Å². The molecule has 0 aliphatic heterocycles. The van der Waals surface area contributed by atoms with Crippen LogP contribution in [0, 0.1) is 11.3 Å². The maximum absolute atomic E-state index is 11.9. The van der Waals surface area contributed by atoms with Crippen LogP contribution in [0.2, 0.25) is 0 Å². The monoisotopic (exact) mass is 223 g/mol. The highest BCUT2D eigenvalue weighted by atomic mass is 16.1. The second kappa shape index (κ2) is 5.62. The predicted molar refractivity (Wildman–Crippen MR) is 68.6 cm³/mol. The minimum Gasteiger partial charge on any atom is -0.289 e. The van der Waals surface area contributed by atoms with Crippen LogP contribution in [-0.2, 0) is 0 Å². The first-order chi connectivity index (χ1) is 8.04. The minimum absolute atomic E-state index is 0.146. The van der Waals surface area contributed by atoms with E-state index in [2.05, 4.69) is 13.2 Å². The van der Waals surface area contributed by atoms with Crippen molar-refractivity contribution in [3.8, 4) is 6.07 Å². The average Bonchev–Trinajstić information content (AvgIpc) is 2.35. The summed E-state index contributed by atoms with van der Waals surface area (Å²) in [6.45, 7) is 9.25. The first-order valence-corrected chi connectivity index (χ1v) is 5.12. The van der Waals surface area contributed by atoms with E-state index in [0.717, 1.165) is 5.57 Å². The second-order valence-corrected chi connectivity index (χ2v) is 3.72. The molecule has 0 spiro atoms. The number of Topliss-reactive ketones (excluding diaryl/α,β-unsaturated/α-hetero) is 1. The van der Waals surface area contributed by atoms with Gasteiger partial charge >= 0.3 is 0 Å². The fraction of sp³-hybridized carbons (Fsp3) is 0.0667. The molecule has 0 aliphatic rings. The van der Waals surface area contributed by atoms with E-state index in [1.807, 2.05) is 13.0 Å². The lowest BCUT2D eigenvalue weighted by atomic mass is 10.0. The van der Waals surface area contributed by atoms with Crippen LogP contribution in [0.5, 0.6) is 0 Å². The van der Waals surface area contributed by atoms with Gasteiger partial charge in [0.05, 0.1) is 11.6 Å². The third-order valence-electron chi connectivity index (χ3n) is 2.14. The van der Waals surface area contributed by atoms with Crippen LogP contribution >= 0.6 is 0 Å². The van der Waals surface area contributed by atoms with Gasteiger partial charge in [-0.15, -0.1) is 0 Å². The summed E-state index contributed by atoms with van der Waals surface area (Å²) in [5.74, 6) is -0.146. The standard InChI is InChI=1S/C15H13NO/c1-11(2)4-5-12(3)15(17)14-8-6-13(10-16)7-9-14/h4-9H,1,3H2,2H3/b5-4-. The maximum atomic E-state index is 11.9. The number of ketones is 1. The van der Waals surface area contributed by atoms with Gasteiger partial charge in [0.1, 0.15) is 0 Å². The highest BCUT2D eigenvalue weighted by Crippen LogP contribution is 2.10. The molecule has 1 rings (SSSR count). The smallest absolute Gasteiger partial charge is 0.192 e. The normalized spacial score (nSPS) is 9.88. The highest BCUT2D eigenvalue weighted by Gasteiger charge is 2.07. The summed E-state index contributed by atoms with van der Waals surface area (Å²) in [4.78, 5) is 11.9. The summed E-state index contributed by atoms with van der Waals surface area (Å²) in [5.41, 5.74) is 2.32. The van der Waals surface area contributed by atoms with Gasteiger partial charge in [-0.2, -0.15) is 5.26 Å². The molecule has 84 valence electrons. The topological polar surface area (TPSA) is 40.9 Å². The molecular formula is C15H13NO. The summed E-state index contributed by atoms with van der Waals surface area (Å²) in [6, 6.07) is 8.48. The van der Waals surface area contributed by atoms with Gasteiger partial charge < -0.3 is 0 Å². The summed E-state index contributed by atoms with van der Waals surface area (Å²) in [5, 5.41) is 8.65. The molecule has 2 nitrogen and oxygen atoms in total. The van der Waals surface area contributed by atoms with E-state index in [4.69, 9.17) is 5.26 Å². The number of carbonyl (C=O) groups excluding carboxylic acids is 1. The lowest BCUT2D eigenvalue weighted by molar-refractivity contribution is 0.103. The van der Waals surface area contributed by atoms with E-state index >= 15 is 0 Å². The Bertz CT molecular complexity index is 527. The van der Waals surface area contributed by atoms with Gasteiger partial charge in [-0.1, -0.05) is 30.9 Å². The summed E-state index contributed by atoms with van der Waals surface area (Å²) in [6.07, 6.45) is 3.38. The molecular weight excluding hydrogens is 210 g/mol. The first kappa shape index (κ1) is 12.7. The van der Waals surface area contributed by atoms with Crippen molar-refractivity contribution in [1.29, 1.82) is 5.26 Å². The molecule has 0 N–H and O–H groups in total. The van der Waals surface area contributed by atoms with Crippen LogP contribution in [0.4, 0.5) is 0 Å². The number of benzene rings is 1. The molecule has 0 atom stereocenters. The fourth-order valence-corrected chi connectivity index (χ4v) is 1.20. The fourth-order valence-electron chi connectivity index (χ4n) is 1.20. The molecule has 0 amide bonds. The number of allylic oxidation sites excluding steroid dienone is 4. The molecule has 1 aromatic rings. The quantitative estimate of drug-likeness (QED) is 0.445. The van der Waals surface area contributed by atoms with Gasteiger partial charge in [-0.25, -0.2) is 0 Å². The van der Waals surface area contributed by atoms with Crippen LogP contribution < -0.4 is 0 Å². The van der Waals surface area contributed by atoms with Crippen molar-refractivity contribution in [2.45, 2.75) is 6.92 Å². The van der Waals surface area contributed by atoms with Gasteiger partial charge in [-0.05, 0) is 31.2 Å². The predicted octanol–water partition coefficient (Wildman–Crippen LogP) is 3.43. The Kier molecular flexibility index (Phi) is 4.19. The molecule has 0 aromatic heterocycles. The van der Waals surface area contributed by atoms with Crippen molar-refractivity contribution < 1.29 is 4.79 Å². The van der Waals surface area contributed by atoms with Gasteiger partial charge in [0, 0.05) is 11.1 Å². The molecule has 0 unspecified atom stereocenters. The molecule has 0 radical (unpaired) electrons. The van der Waals surface area contributed by atoms with Crippen LogP contribution in [0.3, 0.4) is 0 Å². The largest absolute Gasteiger partial charge is 0.289 e. The first-order valence-electron chi connectivity index (χ1n) is 5.12. The van der Waals surface area contributed by atoms with Crippen LogP contribution in [0.1, 0.15) is 22.8 Å². The van der Waals surface area contributed by atoms with Crippen molar-refractivity contribution in [2.75, 3.05) is 0 Å². The Morgan fingerprint density at radius 2 is 1.82 bits per heavy atom. The van der Waals surface area contributed by atoms with Gasteiger partial charge in [0.15, 0.2) is 5.78 Å². The molecule has 0 heterocycles. The second-order valence-electron chi connectivity index (χ2n) is 3.72. The maximum Gasteiger partial charge on any atom is 0.192 e. The number of nitriles is 1. The zero-order chi connectivity index (χ0) is 12.8. The van der Waals surface area contributed by atoms with Gasteiger partial charge in [-0.3, -0.25) is 4.79 Å². The number of hydrogen-bond acceptors (Lipinski definition) is 2. The molecule has 0 saturated carbocycles. The summed E-state index contributed by atoms with van der Waals surface area (Å²) >= 11 is 0. The molecule has 0 fully saturated rings. The summed E-state index contributed by atoms with van der Waals surface area (Å²) in [7, 11) is 0. The molecule has 0 bridgehead atoms. The Balaban J connectivity index is 2.86. The molecule has 0 saturated heterocycles. The van der Waals surface area contributed by atoms with E-state index in [1.54, 1.807) is 36.4 Å². The molecule has 0 aliphatic carbocycles. The zero-order valence-electron chi connectivity index (χ0n) is 9.73. The summed E-state index contributed by atoms with van der Waals surface area (Å²) < 4.78 is 0. The van der Waals surface area contributed by atoms with Crippen LogP contribution in [0.15, 0.2) is 60.7 Å². The lowest BCUT2D eigenvalue weighted by Crippen LogP contribution is -2.00. The van der Waals surface area contributed by atoms with Crippen LogP contribution in [0.25, 0.3) is 0 Å². The van der Waals surface area contributed by atoms with E-state index in [-0.39, 0.29) is 5.78 Å². The van der Waals surface area contributed by atoms with E-state index in [9.17, 15) is 4.79 Å². The molecule has 2 heteroatoms. The SMILES string of the molecule is C=C(C)/C=C\C(=C)C(=O)c1ccc(C#N)cc1. The molecule has 1 aromatic carbocycles. The number of rotatable bonds is 4. The van der Waals surface area contributed by atoms with E-state index in [1.165, 1.54) is 0 Å². The number of carbonyl (C=O) groups is 1. The Morgan fingerprint density at radius 1 is 1.24 bits per heavy atom. The number of nitrogens with zero attached hydrogens (tertiary/aromatic N) is 1. The lowest BCUT2D eigenvalue weighted by Gasteiger charge is -2.00. The Hall–Kier alpha value is -2.40. The Morgan fingerprint density at radius 3 is 2.29 bits per heavy atom. The number of hydrogen-bond donors (Lipinski definition) is 0. The van der Waals surface area contributed by atoms with E-state index < -0.39 is 0 Å². The van der Waals surface area contributed by atoms with Crippen molar-refractivity contribution in [1.82, 2.24) is 0 Å². The third-order valence-corrected chi connectivity index (χ3v) is 2.14. The van der Waals surface area contributed by atoms with Crippen molar-refractivity contribution >= 4 is 5.78 Å². The third kappa shape index (κ3) is 3.58. The van der Waals surface area contributed by atoms with Crippen molar-refractivity contribution in [3.05, 3.63) is 71.8 Å². The van der Waals surface area contributed by atoms with Gasteiger partial charge in [0.2, 0.25) is 0 Å². The highest BCUT2D eigenvalue weighted by molar-refractivity contribution is 6.10. The zero-order valence-corrected chi connectivity index (χ0v) is 9.73.